The lowest BCUT2D eigenvalue weighted by molar-refractivity contribution is -0.154. The zero-order valence-electron chi connectivity index (χ0n) is 26.5. The number of ether oxygens (including phenoxy) is 4. The van der Waals surface area contributed by atoms with Crippen LogP contribution in [-0.4, -0.2) is 69.3 Å². The molecule has 3 rings (SSSR count). The lowest BCUT2D eigenvalue weighted by Crippen LogP contribution is -2.39. The van der Waals surface area contributed by atoms with Crippen molar-refractivity contribution >= 4 is 29.6 Å². The Hall–Kier alpha value is -4.35. The van der Waals surface area contributed by atoms with Gasteiger partial charge >= 0.3 is 18.2 Å². The smallest absolute Gasteiger partial charge is 0.416 e. The Balaban J connectivity index is 1.81. The van der Waals surface area contributed by atoms with Crippen LogP contribution in [0.5, 0.6) is 5.75 Å². The molecule has 2 heterocycles. The standard InChI is InChI=1S/C31H43N5O7/c1-29(2,3)41-25(37)14-16-35(28(39)43-31(7,8)9)24-13-17-36-26(34-24)23(20-33-36)21-11-10-12-22(19-21)40-18-15-32-27(38)42-30(4,5)6/h10-13,17,19-20H,14-16,18H2,1-9H3,(H,32,38). The molecule has 2 aromatic heterocycles. The summed E-state index contributed by atoms with van der Waals surface area (Å²) in [5.41, 5.74) is 0.00142. The second-order valence-electron chi connectivity index (χ2n) is 12.9. The number of anilines is 1. The van der Waals surface area contributed by atoms with Gasteiger partial charge in [-0.2, -0.15) is 5.10 Å². The van der Waals surface area contributed by atoms with Crippen LogP contribution < -0.4 is 15.0 Å². The van der Waals surface area contributed by atoms with E-state index in [1.807, 2.05) is 24.3 Å². The average Bonchev–Trinajstić information content (AvgIpc) is 3.27. The zero-order valence-corrected chi connectivity index (χ0v) is 26.5. The maximum atomic E-state index is 13.2. The summed E-state index contributed by atoms with van der Waals surface area (Å²) in [4.78, 5) is 43.6. The molecule has 0 bridgehead atoms. The van der Waals surface area contributed by atoms with Gasteiger partial charge in [-0.05, 0) is 86.1 Å². The minimum Gasteiger partial charge on any atom is -0.492 e. The van der Waals surface area contributed by atoms with E-state index in [1.54, 1.807) is 85.3 Å². The van der Waals surface area contributed by atoms with E-state index in [0.717, 1.165) is 5.56 Å². The number of hydrogen-bond acceptors (Lipinski definition) is 9. The molecule has 0 unspecified atom stereocenters. The fourth-order valence-electron chi connectivity index (χ4n) is 3.81. The first-order valence-corrected chi connectivity index (χ1v) is 14.2. The molecule has 0 radical (unpaired) electrons. The van der Waals surface area contributed by atoms with Crippen molar-refractivity contribution in [3.05, 3.63) is 42.7 Å². The summed E-state index contributed by atoms with van der Waals surface area (Å²) in [6.45, 7) is 16.6. The van der Waals surface area contributed by atoms with E-state index in [2.05, 4.69) is 10.4 Å². The normalized spacial score (nSPS) is 12.0. The number of carbonyl (C=O) groups is 3. The van der Waals surface area contributed by atoms with Gasteiger partial charge < -0.3 is 24.3 Å². The minimum absolute atomic E-state index is 0.0110. The summed E-state index contributed by atoms with van der Waals surface area (Å²) in [6, 6.07) is 9.02. The van der Waals surface area contributed by atoms with Crippen molar-refractivity contribution in [3.63, 3.8) is 0 Å². The van der Waals surface area contributed by atoms with Gasteiger partial charge in [0.2, 0.25) is 0 Å². The van der Waals surface area contributed by atoms with Gasteiger partial charge in [0, 0.05) is 18.3 Å². The Labute approximate surface area is 252 Å². The molecule has 1 N–H and O–H groups in total. The molecule has 12 nitrogen and oxygen atoms in total. The third-order valence-electron chi connectivity index (χ3n) is 5.39. The van der Waals surface area contributed by atoms with E-state index in [-0.39, 0.29) is 26.1 Å². The van der Waals surface area contributed by atoms with Gasteiger partial charge in [0.15, 0.2) is 5.65 Å². The second-order valence-corrected chi connectivity index (χ2v) is 12.9. The quantitative estimate of drug-likeness (QED) is 0.185. The van der Waals surface area contributed by atoms with Gasteiger partial charge in [-0.15, -0.1) is 0 Å². The first kappa shape index (κ1) is 33.2. The molecule has 0 aliphatic carbocycles. The molecular weight excluding hydrogens is 554 g/mol. The van der Waals surface area contributed by atoms with Crippen LogP contribution in [0.4, 0.5) is 15.4 Å². The zero-order chi connectivity index (χ0) is 32.0. The fourth-order valence-corrected chi connectivity index (χ4v) is 3.81. The summed E-state index contributed by atoms with van der Waals surface area (Å²) in [5, 5.41) is 7.07. The lowest BCUT2D eigenvalue weighted by atomic mass is 10.1. The van der Waals surface area contributed by atoms with Gasteiger partial charge in [-0.1, -0.05) is 12.1 Å². The topological polar surface area (TPSA) is 134 Å². The molecule has 12 heteroatoms. The van der Waals surface area contributed by atoms with E-state index in [4.69, 9.17) is 23.9 Å². The fraction of sp³-hybridized carbons (Fsp3) is 0.516. The Bertz CT molecular complexity index is 1430. The summed E-state index contributed by atoms with van der Waals surface area (Å²) < 4.78 is 23.7. The van der Waals surface area contributed by atoms with Crippen molar-refractivity contribution in [2.24, 2.45) is 0 Å². The highest BCUT2D eigenvalue weighted by Crippen LogP contribution is 2.28. The number of esters is 1. The average molecular weight is 598 g/mol. The van der Waals surface area contributed by atoms with Crippen molar-refractivity contribution in [2.45, 2.75) is 85.5 Å². The Morgan fingerprint density at radius 3 is 2.23 bits per heavy atom. The summed E-state index contributed by atoms with van der Waals surface area (Å²) in [5.74, 6) is 0.449. The Kier molecular flexibility index (Phi) is 10.3. The largest absolute Gasteiger partial charge is 0.492 e. The summed E-state index contributed by atoms with van der Waals surface area (Å²) in [7, 11) is 0. The Morgan fingerprint density at radius 2 is 1.58 bits per heavy atom. The number of alkyl carbamates (subject to hydrolysis) is 1. The molecule has 0 saturated heterocycles. The number of hydrogen-bond donors (Lipinski definition) is 1. The SMILES string of the molecule is CC(C)(C)OC(=O)CCN(C(=O)OC(C)(C)C)c1ccn2ncc(-c3cccc(OCCNC(=O)OC(C)(C)C)c3)c2n1. The van der Waals surface area contributed by atoms with E-state index in [0.29, 0.717) is 22.8 Å². The number of nitrogens with one attached hydrogen (secondary N) is 1. The molecule has 43 heavy (non-hydrogen) atoms. The molecule has 3 aromatic rings. The van der Waals surface area contributed by atoms with Gasteiger partial charge in [0.1, 0.15) is 35.0 Å². The molecule has 0 atom stereocenters. The molecule has 0 aliphatic heterocycles. The summed E-state index contributed by atoms with van der Waals surface area (Å²) >= 11 is 0. The molecular formula is C31H43N5O7. The maximum absolute atomic E-state index is 13.2. The predicted molar refractivity (Wildman–Crippen MR) is 162 cm³/mol. The number of amides is 2. The number of nitrogens with zero attached hydrogens (tertiary/aromatic N) is 4. The molecule has 234 valence electrons. The lowest BCUT2D eigenvalue weighted by Gasteiger charge is -2.27. The first-order valence-electron chi connectivity index (χ1n) is 14.2. The monoisotopic (exact) mass is 597 g/mol. The number of rotatable bonds is 9. The highest BCUT2D eigenvalue weighted by Gasteiger charge is 2.27. The number of fused-ring (bicyclic) bond motifs is 1. The first-order chi connectivity index (χ1) is 19.9. The van der Waals surface area contributed by atoms with E-state index in [1.165, 1.54) is 4.90 Å². The van der Waals surface area contributed by atoms with Crippen LogP contribution in [0.2, 0.25) is 0 Å². The molecule has 1 aromatic carbocycles. The molecule has 0 saturated carbocycles. The minimum atomic E-state index is -0.754. The van der Waals surface area contributed by atoms with Crippen molar-refractivity contribution < 1.29 is 33.3 Å². The van der Waals surface area contributed by atoms with E-state index >= 15 is 0 Å². The van der Waals surface area contributed by atoms with Crippen LogP contribution >= 0.6 is 0 Å². The van der Waals surface area contributed by atoms with Gasteiger partial charge in [-0.25, -0.2) is 19.1 Å². The summed E-state index contributed by atoms with van der Waals surface area (Å²) in [6.07, 6.45) is 2.18. The molecule has 0 spiro atoms. The van der Waals surface area contributed by atoms with Gasteiger partial charge in [-0.3, -0.25) is 9.69 Å². The second kappa shape index (κ2) is 13.3. The van der Waals surface area contributed by atoms with Crippen LogP contribution in [0.25, 0.3) is 16.8 Å². The molecule has 0 aliphatic rings. The van der Waals surface area contributed by atoms with Crippen LogP contribution in [0, 0.1) is 0 Å². The van der Waals surface area contributed by atoms with Gasteiger partial charge in [0.25, 0.3) is 0 Å². The highest BCUT2D eigenvalue weighted by molar-refractivity contribution is 5.88. The highest BCUT2D eigenvalue weighted by atomic mass is 16.6. The number of aromatic nitrogens is 3. The van der Waals surface area contributed by atoms with Crippen molar-refractivity contribution in [2.75, 3.05) is 24.6 Å². The molecule has 2 amide bonds. The third kappa shape index (κ3) is 10.8. The van der Waals surface area contributed by atoms with Crippen LogP contribution in [0.3, 0.4) is 0 Å². The van der Waals surface area contributed by atoms with Crippen molar-refractivity contribution in [1.82, 2.24) is 19.9 Å². The predicted octanol–water partition coefficient (Wildman–Crippen LogP) is 5.77. The number of benzene rings is 1. The molecule has 0 fully saturated rings. The third-order valence-corrected chi connectivity index (χ3v) is 5.39. The van der Waals surface area contributed by atoms with Crippen LogP contribution in [-0.2, 0) is 19.0 Å². The van der Waals surface area contributed by atoms with Crippen LogP contribution in [0.15, 0.2) is 42.7 Å². The van der Waals surface area contributed by atoms with Crippen molar-refractivity contribution in [1.29, 1.82) is 0 Å². The van der Waals surface area contributed by atoms with E-state index < -0.39 is 35.0 Å². The van der Waals surface area contributed by atoms with Crippen LogP contribution in [0.1, 0.15) is 68.7 Å². The number of carbonyl (C=O) groups excluding carboxylic acids is 3. The Morgan fingerprint density at radius 1 is 0.907 bits per heavy atom. The van der Waals surface area contributed by atoms with E-state index in [9.17, 15) is 14.4 Å². The maximum Gasteiger partial charge on any atom is 0.416 e. The van der Waals surface area contributed by atoms with Crippen molar-refractivity contribution in [3.8, 4) is 16.9 Å². The van der Waals surface area contributed by atoms with Gasteiger partial charge in [0.05, 0.1) is 19.2 Å².